The van der Waals surface area contributed by atoms with Gasteiger partial charge < -0.3 is 10.1 Å². The molecule has 0 aromatic heterocycles. The number of benzene rings is 1. The molecule has 5 amide bonds. The van der Waals surface area contributed by atoms with Crippen molar-refractivity contribution in [3.8, 4) is 0 Å². The molecule has 2 N–H and O–H groups in total. The molecule has 9 nitrogen and oxygen atoms in total. The third kappa shape index (κ3) is 4.68. The Labute approximate surface area is 167 Å². The van der Waals surface area contributed by atoms with Crippen LogP contribution < -0.4 is 10.6 Å². The van der Waals surface area contributed by atoms with E-state index in [2.05, 4.69) is 10.6 Å². The van der Waals surface area contributed by atoms with Crippen molar-refractivity contribution in [1.29, 1.82) is 0 Å². The molecule has 152 valence electrons. The number of esters is 1. The Hall–Kier alpha value is -3.49. The van der Waals surface area contributed by atoms with Gasteiger partial charge in [-0.2, -0.15) is 0 Å². The van der Waals surface area contributed by atoms with Gasteiger partial charge in [-0.25, -0.2) is 4.79 Å². The van der Waals surface area contributed by atoms with Crippen LogP contribution in [0.4, 0.5) is 10.5 Å². The standard InChI is InChI=1S/C20H21N3O6/c1-12(17(25)22-20(28)21-13-7-3-2-4-8-13)29-16(24)11-23-18(26)14-9-5-6-10-15(14)19(23)27/h2-8,12,14-15H,9-11H2,1H3,(H2,21,22,25,28). The highest BCUT2D eigenvalue weighted by Crippen LogP contribution is 2.34. The first kappa shape index (κ1) is 20.2. The Morgan fingerprint density at radius 2 is 1.66 bits per heavy atom. The molecule has 3 rings (SSSR count). The number of fused-ring (bicyclic) bond motifs is 1. The Bertz CT molecular complexity index is 840. The minimum absolute atomic E-state index is 0.402. The van der Waals surface area contributed by atoms with E-state index in [-0.39, 0.29) is 0 Å². The molecule has 0 saturated carbocycles. The van der Waals surface area contributed by atoms with Crippen molar-refractivity contribution in [2.75, 3.05) is 11.9 Å². The molecule has 3 atom stereocenters. The molecule has 9 heteroatoms. The van der Waals surface area contributed by atoms with Crippen LogP contribution in [0.15, 0.2) is 42.5 Å². The van der Waals surface area contributed by atoms with E-state index >= 15 is 0 Å². The number of para-hydroxylation sites is 1. The lowest BCUT2D eigenvalue weighted by atomic mass is 9.85. The summed E-state index contributed by atoms with van der Waals surface area (Å²) in [4.78, 5) is 61.6. The Balaban J connectivity index is 1.48. The summed E-state index contributed by atoms with van der Waals surface area (Å²) >= 11 is 0. The number of ether oxygens (including phenoxy) is 1. The van der Waals surface area contributed by atoms with Crippen LogP contribution in [0.1, 0.15) is 19.8 Å². The zero-order valence-corrected chi connectivity index (χ0v) is 15.8. The highest BCUT2D eigenvalue weighted by atomic mass is 16.5. The topological polar surface area (TPSA) is 122 Å². The van der Waals surface area contributed by atoms with E-state index in [0.29, 0.717) is 18.5 Å². The molecule has 1 aromatic carbocycles. The number of rotatable bonds is 5. The number of hydrogen-bond acceptors (Lipinski definition) is 6. The fourth-order valence-corrected chi connectivity index (χ4v) is 3.34. The van der Waals surface area contributed by atoms with Gasteiger partial charge in [0.25, 0.3) is 5.91 Å². The van der Waals surface area contributed by atoms with E-state index in [0.717, 1.165) is 4.90 Å². The van der Waals surface area contributed by atoms with Crippen LogP contribution in [0.5, 0.6) is 0 Å². The van der Waals surface area contributed by atoms with Crippen molar-refractivity contribution in [2.24, 2.45) is 11.8 Å². The van der Waals surface area contributed by atoms with Gasteiger partial charge in [0.15, 0.2) is 6.10 Å². The molecule has 3 unspecified atom stereocenters. The molecular formula is C20H21N3O6. The number of carbonyl (C=O) groups is 5. The predicted molar refractivity (Wildman–Crippen MR) is 101 cm³/mol. The number of likely N-dealkylation sites (tertiary alicyclic amines) is 1. The van der Waals surface area contributed by atoms with E-state index in [1.807, 2.05) is 12.2 Å². The number of allylic oxidation sites excluding steroid dienone is 2. The van der Waals surface area contributed by atoms with E-state index in [9.17, 15) is 24.0 Å². The number of carbonyl (C=O) groups excluding carboxylic acids is 5. The summed E-state index contributed by atoms with van der Waals surface area (Å²) in [7, 11) is 0. The number of nitrogens with zero attached hydrogens (tertiary/aromatic N) is 1. The second kappa shape index (κ2) is 8.68. The maximum absolute atomic E-state index is 12.4. The number of anilines is 1. The van der Waals surface area contributed by atoms with Gasteiger partial charge in [0.1, 0.15) is 6.54 Å². The number of amides is 5. The molecule has 0 radical (unpaired) electrons. The summed E-state index contributed by atoms with van der Waals surface area (Å²) in [5.41, 5.74) is 0.490. The smallest absolute Gasteiger partial charge is 0.326 e. The highest BCUT2D eigenvalue weighted by molar-refractivity contribution is 6.07. The van der Waals surface area contributed by atoms with Gasteiger partial charge in [0.05, 0.1) is 11.8 Å². The summed E-state index contributed by atoms with van der Waals surface area (Å²) in [5.74, 6) is -3.42. The van der Waals surface area contributed by atoms with Crippen molar-refractivity contribution in [3.05, 3.63) is 42.5 Å². The summed E-state index contributed by atoms with van der Waals surface area (Å²) < 4.78 is 4.98. The third-order valence-electron chi connectivity index (χ3n) is 4.83. The first-order chi connectivity index (χ1) is 13.9. The van der Waals surface area contributed by atoms with E-state index in [1.54, 1.807) is 30.3 Å². The summed E-state index contributed by atoms with van der Waals surface area (Å²) in [5, 5.41) is 4.53. The Kier molecular flexibility index (Phi) is 6.06. The fraction of sp³-hybridized carbons (Fsp3) is 0.350. The first-order valence-electron chi connectivity index (χ1n) is 9.23. The monoisotopic (exact) mass is 399 g/mol. The lowest BCUT2D eigenvalue weighted by Gasteiger charge is -2.17. The molecule has 1 aliphatic carbocycles. The summed E-state index contributed by atoms with van der Waals surface area (Å²) in [6.07, 6.45) is 3.36. The maximum Gasteiger partial charge on any atom is 0.326 e. The van der Waals surface area contributed by atoms with Crippen LogP contribution >= 0.6 is 0 Å². The quantitative estimate of drug-likeness (QED) is 0.436. The average Bonchev–Trinajstić information content (AvgIpc) is 2.93. The largest absolute Gasteiger partial charge is 0.451 e. The predicted octanol–water partition coefficient (Wildman–Crippen LogP) is 1.22. The van der Waals surface area contributed by atoms with E-state index < -0.39 is 54.2 Å². The molecule has 1 aromatic rings. The minimum Gasteiger partial charge on any atom is -0.451 e. The number of nitrogens with one attached hydrogen (secondary N) is 2. The Morgan fingerprint density at radius 1 is 1.07 bits per heavy atom. The molecular weight excluding hydrogens is 378 g/mol. The SMILES string of the molecule is CC(OC(=O)CN1C(=O)C2CC=CCC2C1=O)C(=O)NC(=O)Nc1ccccc1. The van der Waals surface area contributed by atoms with Gasteiger partial charge in [-0.3, -0.25) is 29.4 Å². The molecule has 0 bridgehead atoms. The zero-order chi connectivity index (χ0) is 21.0. The summed E-state index contributed by atoms with van der Waals surface area (Å²) in [6.45, 7) is 0.735. The second-order valence-corrected chi connectivity index (χ2v) is 6.86. The van der Waals surface area contributed by atoms with Gasteiger partial charge in [-0.05, 0) is 31.9 Å². The van der Waals surface area contributed by atoms with Gasteiger partial charge >= 0.3 is 12.0 Å². The van der Waals surface area contributed by atoms with Crippen LogP contribution in [0.2, 0.25) is 0 Å². The van der Waals surface area contributed by atoms with Crippen LogP contribution in [-0.2, 0) is 23.9 Å². The molecule has 0 spiro atoms. The van der Waals surface area contributed by atoms with E-state index in [4.69, 9.17) is 4.74 Å². The first-order valence-corrected chi connectivity index (χ1v) is 9.23. The van der Waals surface area contributed by atoms with Crippen molar-refractivity contribution in [2.45, 2.75) is 25.9 Å². The zero-order valence-electron chi connectivity index (χ0n) is 15.8. The molecule has 1 aliphatic heterocycles. The van der Waals surface area contributed by atoms with Crippen LogP contribution in [0, 0.1) is 11.8 Å². The van der Waals surface area contributed by atoms with Gasteiger partial charge in [0.2, 0.25) is 11.8 Å². The maximum atomic E-state index is 12.4. The Morgan fingerprint density at radius 3 is 2.24 bits per heavy atom. The van der Waals surface area contributed by atoms with Gasteiger partial charge in [0, 0.05) is 5.69 Å². The normalized spacial score (nSPS) is 21.3. The number of hydrogen-bond donors (Lipinski definition) is 2. The van der Waals surface area contributed by atoms with E-state index in [1.165, 1.54) is 6.92 Å². The number of imide groups is 2. The van der Waals surface area contributed by atoms with Crippen molar-refractivity contribution in [1.82, 2.24) is 10.2 Å². The van der Waals surface area contributed by atoms with Crippen LogP contribution in [0.25, 0.3) is 0 Å². The lowest BCUT2D eigenvalue weighted by Crippen LogP contribution is -2.43. The summed E-state index contributed by atoms with van der Waals surface area (Å²) in [6, 6.07) is 7.72. The van der Waals surface area contributed by atoms with Crippen LogP contribution in [-0.4, -0.2) is 47.3 Å². The fourth-order valence-electron chi connectivity index (χ4n) is 3.34. The van der Waals surface area contributed by atoms with Gasteiger partial charge in [-0.15, -0.1) is 0 Å². The molecule has 2 aliphatic rings. The minimum atomic E-state index is -1.28. The molecule has 29 heavy (non-hydrogen) atoms. The van der Waals surface area contributed by atoms with Crippen molar-refractivity contribution < 1.29 is 28.7 Å². The van der Waals surface area contributed by atoms with Crippen LogP contribution in [0.3, 0.4) is 0 Å². The molecule has 1 saturated heterocycles. The van der Waals surface area contributed by atoms with Crippen molar-refractivity contribution >= 4 is 35.4 Å². The molecule has 1 heterocycles. The van der Waals surface area contributed by atoms with Crippen molar-refractivity contribution in [3.63, 3.8) is 0 Å². The average molecular weight is 399 g/mol. The second-order valence-electron chi connectivity index (χ2n) is 6.86. The number of urea groups is 1. The van der Waals surface area contributed by atoms with Gasteiger partial charge in [-0.1, -0.05) is 30.4 Å². The lowest BCUT2D eigenvalue weighted by molar-refractivity contribution is -0.159. The molecule has 1 fully saturated rings. The highest BCUT2D eigenvalue weighted by Gasteiger charge is 2.47. The third-order valence-corrected chi connectivity index (χ3v) is 4.83.